The van der Waals surface area contributed by atoms with E-state index < -0.39 is 11.7 Å². The molecule has 0 aromatic heterocycles. The number of nitrogens with one attached hydrogen (secondary N) is 1. The molecule has 5 nitrogen and oxygen atoms in total. The molecule has 98 valence electrons. The number of nitrogen functional groups attached to an aromatic ring is 1. The fourth-order valence-corrected chi connectivity index (χ4v) is 1.44. The van der Waals surface area contributed by atoms with E-state index >= 15 is 0 Å². The summed E-state index contributed by atoms with van der Waals surface area (Å²) in [5, 5.41) is 2.56. The van der Waals surface area contributed by atoms with Crippen molar-refractivity contribution in [2.75, 3.05) is 12.3 Å². The van der Waals surface area contributed by atoms with Gasteiger partial charge in [-0.2, -0.15) is 0 Å². The van der Waals surface area contributed by atoms with Crippen molar-refractivity contribution in [3.8, 4) is 0 Å². The summed E-state index contributed by atoms with van der Waals surface area (Å²) in [5.74, 6) is -1.51. The minimum Gasteiger partial charge on any atom is -0.399 e. The average molecular weight is 253 g/mol. The van der Waals surface area contributed by atoms with Crippen LogP contribution >= 0.6 is 0 Å². The van der Waals surface area contributed by atoms with E-state index in [2.05, 4.69) is 5.32 Å². The monoisotopic (exact) mass is 253 g/mol. The van der Waals surface area contributed by atoms with Crippen LogP contribution in [0.15, 0.2) is 18.2 Å². The third-order valence-electron chi connectivity index (χ3n) is 2.37. The van der Waals surface area contributed by atoms with E-state index in [1.807, 2.05) is 0 Å². The van der Waals surface area contributed by atoms with Crippen molar-refractivity contribution in [1.82, 2.24) is 5.32 Å². The van der Waals surface area contributed by atoms with Crippen LogP contribution in [0.5, 0.6) is 0 Å². The Kier molecular flexibility index (Phi) is 5.10. The highest BCUT2D eigenvalue weighted by atomic mass is 19.1. The van der Waals surface area contributed by atoms with Gasteiger partial charge in [0.2, 0.25) is 5.91 Å². The highest BCUT2D eigenvalue weighted by molar-refractivity contribution is 5.94. The second-order valence-corrected chi connectivity index (χ2v) is 3.92. The molecule has 0 atom stereocenters. The summed E-state index contributed by atoms with van der Waals surface area (Å²) in [7, 11) is 0. The van der Waals surface area contributed by atoms with Crippen LogP contribution in [0.1, 0.15) is 29.6 Å². The number of halogens is 1. The van der Waals surface area contributed by atoms with E-state index in [4.69, 9.17) is 11.5 Å². The fraction of sp³-hybridized carbons (Fsp3) is 0.333. The maximum Gasteiger partial charge on any atom is 0.254 e. The zero-order chi connectivity index (χ0) is 13.5. The molecule has 0 aliphatic rings. The lowest BCUT2D eigenvalue weighted by molar-refractivity contribution is -0.118. The number of anilines is 1. The molecule has 0 saturated carbocycles. The zero-order valence-corrected chi connectivity index (χ0v) is 9.91. The number of hydrogen-bond donors (Lipinski definition) is 3. The second kappa shape index (κ2) is 6.58. The molecule has 0 aliphatic carbocycles. The van der Waals surface area contributed by atoms with Crippen LogP contribution in [0.3, 0.4) is 0 Å². The lowest BCUT2D eigenvalue weighted by Crippen LogP contribution is -2.25. The van der Waals surface area contributed by atoms with Gasteiger partial charge in [-0.25, -0.2) is 4.39 Å². The summed E-state index contributed by atoms with van der Waals surface area (Å²) in [6.45, 7) is 0.371. The third-order valence-corrected chi connectivity index (χ3v) is 2.37. The molecule has 1 aromatic carbocycles. The van der Waals surface area contributed by atoms with Crippen LogP contribution in [0.2, 0.25) is 0 Å². The number of primary amides is 1. The number of benzene rings is 1. The van der Waals surface area contributed by atoms with Gasteiger partial charge in [0, 0.05) is 18.7 Å². The minimum absolute atomic E-state index is 0.0425. The molecule has 0 aliphatic heterocycles. The number of amides is 2. The van der Waals surface area contributed by atoms with E-state index in [1.165, 1.54) is 12.1 Å². The molecule has 0 unspecified atom stereocenters. The van der Waals surface area contributed by atoms with Crippen molar-refractivity contribution >= 4 is 17.5 Å². The Morgan fingerprint density at radius 2 is 2.00 bits per heavy atom. The highest BCUT2D eigenvalue weighted by Crippen LogP contribution is 2.11. The molecule has 1 rings (SSSR count). The van der Waals surface area contributed by atoms with Gasteiger partial charge in [0.15, 0.2) is 0 Å². The predicted octanol–water partition coefficient (Wildman–Crippen LogP) is 0.793. The first-order chi connectivity index (χ1) is 8.50. The van der Waals surface area contributed by atoms with E-state index in [0.717, 1.165) is 6.07 Å². The van der Waals surface area contributed by atoms with Crippen LogP contribution in [-0.4, -0.2) is 18.4 Å². The van der Waals surface area contributed by atoms with E-state index in [1.54, 1.807) is 0 Å². The largest absolute Gasteiger partial charge is 0.399 e. The van der Waals surface area contributed by atoms with Crippen molar-refractivity contribution in [3.63, 3.8) is 0 Å². The van der Waals surface area contributed by atoms with Gasteiger partial charge in [-0.05, 0) is 31.0 Å². The molecule has 0 fully saturated rings. The van der Waals surface area contributed by atoms with Crippen LogP contribution in [0.4, 0.5) is 10.1 Å². The van der Waals surface area contributed by atoms with Crippen LogP contribution in [0, 0.1) is 5.82 Å². The van der Waals surface area contributed by atoms with Crippen LogP contribution in [0.25, 0.3) is 0 Å². The standard InChI is InChI=1S/C12H16FN3O2/c13-10-7-8(14)4-5-9(10)12(18)16-6-2-1-3-11(15)17/h4-5,7H,1-3,6,14H2,(H2,15,17)(H,16,18). The van der Waals surface area contributed by atoms with Gasteiger partial charge in [0.1, 0.15) is 5.82 Å². The zero-order valence-electron chi connectivity index (χ0n) is 9.91. The highest BCUT2D eigenvalue weighted by Gasteiger charge is 2.10. The Hall–Kier alpha value is -2.11. The number of carbonyl (C=O) groups excluding carboxylic acids is 2. The molecular weight excluding hydrogens is 237 g/mol. The first-order valence-electron chi connectivity index (χ1n) is 5.62. The van der Waals surface area contributed by atoms with Gasteiger partial charge >= 0.3 is 0 Å². The van der Waals surface area contributed by atoms with Gasteiger partial charge in [-0.1, -0.05) is 0 Å². The number of rotatable bonds is 6. The molecule has 2 amide bonds. The fourth-order valence-electron chi connectivity index (χ4n) is 1.44. The average Bonchev–Trinajstić information content (AvgIpc) is 2.27. The molecule has 0 spiro atoms. The van der Waals surface area contributed by atoms with E-state index in [9.17, 15) is 14.0 Å². The lowest BCUT2D eigenvalue weighted by atomic mass is 10.1. The summed E-state index contributed by atoms with van der Waals surface area (Å²) in [6.07, 6.45) is 1.50. The van der Waals surface area contributed by atoms with Gasteiger partial charge in [0.25, 0.3) is 5.91 Å². The van der Waals surface area contributed by atoms with Crippen molar-refractivity contribution in [2.24, 2.45) is 5.73 Å². The van der Waals surface area contributed by atoms with Gasteiger partial charge in [-0.15, -0.1) is 0 Å². The molecule has 5 N–H and O–H groups in total. The maximum absolute atomic E-state index is 13.4. The Morgan fingerprint density at radius 3 is 2.61 bits per heavy atom. The summed E-state index contributed by atoms with van der Waals surface area (Å²) < 4.78 is 13.4. The first kappa shape index (κ1) is 14.0. The Balaban J connectivity index is 2.39. The smallest absolute Gasteiger partial charge is 0.254 e. The van der Waals surface area contributed by atoms with Gasteiger partial charge in [0.05, 0.1) is 5.56 Å². The van der Waals surface area contributed by atoms with Gasteiger partial charge < -0.3 is 16.8 Å². The van der Waals surface area contributed by atoms with E-state index in [-0.39, 0.29) is 23.6 Å². The summed E-state index contributed by atoms with van der Waals surface area (Å²) >= 11 is 0. The molecule has 1 aromatic rings. The van der Waals surface area contributed by atoms with Crippen LogP contribution < -0.4 is 16.8 Å². The van der Waals surface area contributed by atoms with Gasteiger partial charge in [-0.3, -0.25) is 9.59 Å². The summed E-state index contributed by atoms with van der Waals surface area (Å²) in [5.41, 5.74) is 10.6. The SMILES string of the molecule is NC(=O)CCCCNC(=O)c1ccc(N)cc1F. The normalized spacial score (nSPS) is 10.1. The third kappa shape index (κ3) is 4.40. The number of carbonyl (C=O) groups is 2. The van der Waals surface area contributed by atoms with Crippen LogP contribution in [-0.2, 0) is 4.79 Å². The number of hydrogen-bond acceptors (Lipinski definition) is 3. The topological polar surface area (TPSA) is 98.2 Å². The molecule has 18 heavy (non-hydrogen) atoms. The Bertz CT molecular complexity index is 449. The molecule has 0 bridgehead atoms. The number of unbranched alkanes of at least 4 members (excludes halogenated alkanes) is 1. The number of nitrogens with two attached hydrogens (primary N) is 2. The van der Waals surface area contributed by atoms with E-state index in [0.29, 0.717) is 19.4 Å². The minimum atomic E-state index is -0.648. The van der Waals surface area contributed by atoms with Crippen molar-refractivity contribution in [1.29, 1.82) is 0 Å². The predicted molar refractivity (Wildman–Crippen MR) is 66.2 cm³/mol. The maximum atomic E-state index is 13.4. The second-order valence-electron chi connectivity index (χ2n) is 3.92. The lowest BCUT2D eigenvalue weighted by Gasteiger charge is -2.06. The quantitative estimate of drug-likeness (QED) is 0.516. The summed E-state index contributed by atoms with van der Waals surface area (Å²) in [6, 6.07) is 3.90. The molecule has 6 heteroatoms. The molecule has 0 saturated heterocycles. The Morgan fingerprint density at radius 1 is 1.28 bits per heavy atom. The molecular formula is C12H16FN3O2. The first-order valence-corrected chi connectivity index (χ1v) is 5.62. The summed E-state index contributed by atoms with van der Waals surface area (Å²) in [4.78, 5) is 22.1. The molecule has 0 radical (unpaired) electrons. The Labute approximate surface area is 104 Å². The van der Waals surface area contributed by atoms with Crippen molar-refractivity contribution in [2.45, 2.75) is 19.3 Å². The molecule has 0 heterocycles. The van der Waals surface area contributed by atoms with Crippen molar-refractivity contribution in [3.05, 3.63) is 29.6 Å². The van der Waals surface area contributed by atoms with Crippen molar-refractivity contribution < 1.29 is 14.0 Å².